The fourth-order valence-corrected chi connectivity index (χ4v) is 0. The van der Waals surface area contributed by atoms with Gasteiger partial charge < -0.3 is 0 Å². The molecule has 0 bridgehead atoms. The molecule has 4 radical (unpaired) electrons. The van der Waals surface area contributed by atoms with Crippen molar-refractivity contribution in [2.24, 2.45) is 0 Å². The summed E-state index contributed by atoms with van der Waals surface area (Å²) < 4.78 is 0. The topological polar surface area (TPSA) is 0 Å². The minimum Gasteiger partial charge on any atom is -0.0149 e. The van der Waals surface area contributed by atoms with Crippen molar-refractivity contribution in [1.82, 2.24) is 0 Å². The van der Waals surface area contributed by atoms with Crippen molar-refractivity contribution in [2.45, 2.75) is 0 Å². The average molecular weight is 206 g/mol. The minimum absolute atomic E-state index is 0. The first-order chi connectivity index (χ1) is 0. The van der Waals surface area contributed by atoms with Gasteiger partial charge in [0.1, 0.15) is 0 Å². The van der Waals surface area contributed by atoms with E-state index < -0.39 is 0 Å². The molecule has 0 heterocycles. The molecule has 0 aromatic carbocycles. The quantitative estimate of drug-likeness (QED) is 0.408. The van der Waals surface area contributed by atoms with E-state index >= 15 is 0 Å². The van der Waals surface area contributed by atoms with Gasteiger partial charge in [-0.1, -0.05) is 0 Å². The molecular formula is H4BCrFeMnSi. The SMILES string of the molecule is [B].[Cr].[Fe].[Mn].[SiH4]. The molecule has 0 atom stereocenters. The Balaban J connectivity index is 0. The van der Waals surface area contributed by atoms with Gasteiger partial charge in [-0.2, -0.15) is 0 Å². The van der Waals surface area contributed by atoms with Crippen LogP contribution in [0.25, 0.3) is 0 Å². The van der Waals surface area contributed by atoms with E-state index in [0.717, 1.165) is 0 Å². The van der Waals surface area contributed by atoms with Gasteiger partial charge in [0, 0.05) is 59.9 Å². The smallest absolute Gasteiger partial charge is 0 e. The molecule has 0 aliphatic rings. The van der Waals surface area contributed by atoms with Crippen molar-refractivity contribution < 1.29 is 51.5 Å². The largest absolute Gasteiger partial charge is 0.0149 e. The zero-order valence-electron chi connectivity index (χ0n) is 1.72. The monoisotopic (exact) mass is 206 g/mol. The molecule has 0 spiro atoms. The summed E-state index contributed by atoms with van der Waals surface area (Å²) in [5.41, 5.74) is 0. The minimum atomic E-state index is 0. The van der Waals surface area contributed by atoms with Crippen LogP contribution in [0.2, 0.25) is 0 Å². The van der Waals surface area contributed by atoms with E-state index in [1.807, 2.05) is 0 Å². The van der Waals surface area contributed by atoms with Crippen LogP contribution >= 0.6 is 0 Å². The molecule has 0 aromatic heterocycles. The van der Waals surface area contributed by atoms with Crippen LogP contribution in [0.15, 0.2) is 0 Å². The van der Waals surface area contributed by atoms with Crippen molar-refractivity contribution in [3.05, 3.63) is 0 Å². The number of hydrogen-bond acceptors (Lipinski definition) is 0. The van der Waals surface area contributed by atoms with Crippen molar-refractivity contribution in [1.29, 1.82) is 0 Å². The van der Waals surface area contributed by atoms with E-state index in [1.54, 1.807) is 0 Å². The van der Waals surface area contributed by atoms with Gasteiger partial charge in [0.25, 0.3) is 0 Å². The maximum atomic E-state index is 0. The third-order valence-corrected chi connectivity index (χ3v) is 0. The summed E-state index contributed by atoms with van der Waals surface area (Å²) in [6.07, 6.45) is 0. The third-order valence-electron chi connectivity index (χ3n) is 0. The molecule has 32 valence electrons. The standard InChI is InChI=1S/B.Cr.Fe.Mn.H4Si/h;;;;1H4. The molecule has 0 aromatic rings. The first-order valence-electron chi connectivity index (χ1n) is 0. The molecule has 0 saturated heterocycles. The summed E-state index contributed by atoms with van der Waals surface area (Å²) in [7, 11) is 0. The van der Waals surface area contributed by atoms with Crippen LogP contribution in [0, 0.1) is 0 Å². The Morgan fingerprint density at radius 2 is 1.00 bits per heavy atom. The maximum absolute atomic E-state index is 0. The fraction of sp³-hybridized carbons (Fsp3) is 0. The molecule has 0 nitrogen and oxygen atoms in total. The summed E-state index contributed by atoms with van der Waals surface area (Å²) in [6, 6.07) is 0. The second kappa shape index (κ2) is 40.1. The maximum Gasteiger partial charge on any atom is 0 e. The Kier molecular flexibility index (Phi) is 549. The van der Waals surface area contributed by atoms with Crippen molar-refractivity contribution >= 4 is 19.4 Å². The number of hydrogen-bond donors (Lipinski definition) is 0. The molecule has 5 heavy (non-hydrogen) atoms. The van der Waals surface area contributed by atoms with Crippen LogP contribution in [0.1, 0.15) is 0 Å². The fourth-order valence-electron chi connectivity index (χ4n) is 0. The zero-order valence-corrected chi connectivity index (χ0v) is 5.28. The normalized spacial score (nSPS) is 0. The third kappa shape index (κ3) is 25.3. The van der Waals surface area contributed by atoms with Gasteiger partial charge in [-0.25, -0.2) is 0 Å². The van der Waals surface area contributed by atoms with E-state index in [9.17, 15) is 0 Å². The van der Waals surface area contributed by atoms with E-state index in [2.05, 4.69) is 0 Å². The molecule has 0 aliphatic heterocycles. The van der Waals surface area contributed by atoms with Crippen molar-refractivity contribution in [2.75, 3.05) is 0 Å². The van der Waals surface area contributed by atoms with Crippen LogP contribution < -0.4 is 0 Å². The molecular weight excluding hydrogens is 202 g/mol. The van der Waals surface area contributed by atoms with Gasteiger partial charge >= 0.3 is 0 Å². The molecule has 0 rings (SSSR count). The summed E-state index contributed by atoms with van der Waals surface area (Å²) in [5, 5.41) is 0. The van der Waals surface area contributed by atoms with Crippen LogP contribution in [0.5, 0.6) is 0 Å². The van der Waals surface area contributed by atoms with Crippen LogP contribution in [-0.4, -0.2) is 19.4 Å². The van der Waals surface area contributed by atoms with E-state index in [-0.39, 0.29) is 70.9 Å². The predicted octanol–water partition coefficient (Wildman–Crippen LogP) is -1.84. The van der Waals surface area contributed by atoms with Gasteiger partial charge in [0.15, 0.2) is 0 Å². The molecule has 5 heteroatoms. The summed E-state index contributed by atoms with van der Waals surface area (Å²) >= 11 is 0. The van der Waals surface area contributed by atoms with Crippen LogP contribution in [-0.2, 0) is 51.5 Å². The second-order valence-corrected chi connectivity index (χ2v) is 0. The van der Waals surface area contributed by atoms with E-state index in [1.165, 1.54) is 0 Å². The molecule has 0 saturated carbocycles. The molecule has 0 amide bonds. The van der Waals surface area contributed by atoms with Gasteiger partial charge in [-0.3, -0.25) is 0 Å². The average Bonchev–Trinajstić information content (AvgIpc) is 0. The van der Waals surface area contributed by atoms with E-state index in [0.29, 0.717) is 0 Å². The van der Waals surface area contributed by atoms with Crippen molar-refractivity contribution in [3.63, 3.8) is 0 Å². The van der Waals surface area contributed by atoms with Crippen LogP contribution in [0.4, 0.5) is 0 Å². The van der Waals surface area contributed by atoms with Gasteiger partial charge in [0.05, 0.1) is 0 Å². The van der Waals surface area contributed by atoms with Gasteiger partial charge in [-0.15, -0.1) is 0 Å². The number of rotatable bonds is 0. The second-order valence-electron chi connectivity index (χ2n) is 0. The molecule has 0 aliphatic carbocycles. The summed E-state index contributed by atoms with van der Waals surface area (Å²) in [4.78, 5) is 0. The Hall–Kier alpha value is 1.85. The zero-order chi connectivity index (χ0) is 0. The molecule has 0 N–H and O–H groups in total. The Morgan fingerprint density at radius 3 is 1.00 bits per heavy atom. The van der Waals surface area contributed by atoms with Gasteiger partial charge in [-0.05, 0) is 11.0 Å². The predicted molar refractivity (Wildman–Crippen MR) is 17.1 cm³/mol. The van der Waals surface area contributed by atoms with Gasteiger partial charge in [0.2, 0.25) is 0 Å². The summed E-state index contributed by atoms with van der Waals surface area (Å²) in [6.45, 7) is 0. The first kappa shape index (κ1) is 68.4. The van der Waals surface area contributed by atoms with Crippen molar-refractivity contribution in [3.8, 4) is 0 Å². The van der Waals surface area contributed by atoms with E-state index in [4.69, 9.17) is 0 Å². The summed E-state index contributed by atoms with van der Waals surface area (Å²) in [5.74, 6) is 0. The molecule has 0 unspecified atom stereocenters. The Labute approximate surface area is 70.5 Å². The first-order valence-corrected chi connectivity index (χ1v) is 0. The van der Waals surface area contributed by atoms with Crippen LogP contribution in [0.3, 0.4) is 0 Å². The Morgan fingerprint density at radius 1 is 1.00 bits per heavy atom. The Bertz CT molecular complexity index is 11.6. The molecule has 0 fully saturated rings.